The minimum atomic E-state index is 0.763. The molecule has 3 aliphatic rings. The van der Waals surface area contributed by atoms with E-state index >= 15 is 0 Å². The predicted octanol–water partition coefficient (Wildman–Crippen LogP) is 8.06. The fraction of sp³-hybridized carbons (Fsp3) is 0.538. The molecule has 1 fully saturated rings. The fourth-order valence-corrected chi connectivity index (χ4v) is 5.37. The van der Waals surface area contributed by atoms with Crippen LogP contribution in [0.4, 0.5) is 5.69 Å². The molecule has 2 atom stereocenters. The third kappa shape index (κ3) is 17.0. The zero-order chi connectivity index (χ0) is 31.7. The van der Waals surface area contributed by atoms with Gasteiger partial charge in [-0.2, -0.15) is 0 Å². The molecule has 0 saturated carbocycles. The van der Waals surface area contributed by atoms with Gasteiger partial charge in [-0.05, 0) is 100.0 Å². The van der Waals surface area contributed by atoms with E-state index in [1.165, 1.54) is 86.7 Å². The van der Waals surface area contributed by atoms with E-state index in [2.05, 4.69) is 103 Å². The first-order valence-electron chi connectivity index (χ1n) is 17.3. The summed E-state index contributed by atoms with van der Waals surface area (Å²) in [7, 11) is 1.91. The van der Waals surface area contributed by atoms with Crippen LogP contribution in [0.2, 0.25) is 0 Å². The number of anilines is 1. The zero-order valence-corrected chi connectivity index (χ0v) is 28.6. The van der Waals surface area contributed by atoms with E-state index in [0.29, 0.717) is 0 Å². The second kappa shape index (κ2) is 24.6. The number of piperidine rings is 1. The summed E-state index contributed by atoms with van der Waals surface area (Å²) in [4.78, 5) is 0. The van der Waals surface area contributed by atoms with Crippen molar-refractivity contribution >= 4 is 5.69 Å². The first kappa shape index (κ1) is 37.5. The molecular weight excluding hydrogens is 538 g/mol. The molecule has 3 heterocycles. The number of fused-ring (bicyclic) bond motifs is 2. The van der Waals surface area contributed by atoms with E-state index in [9.17, 15) is 0 Å². The molecule has 3 aromatic carbocycles. The molecule has 1 saturated heterocycles. The maximum Gasteiger partial charge on any atom is 0.0337 e. The number of nitrogens with one attached hydrogen (secondary N) is 5. The summed E-state index contributed by atoms with van der Waals surface area (Å²) in [6, 6.07) is 28.8. The zero-order valence-electron chi connectivity index (χ0n) is 28.6. The Labute approximate surface area is 270 Å². The molecule has 0 spiro atoms. The number of hydrogen-bond acceptors (Lipinski definition) is 5. The highest BCUT2D eigenvalue weighted by molar-refractivity contribution is 5.41. The Morgan fingerprint density at radius 3 is 1.55 bits per heavy atom. The van der Waals surface area contributed by atoms with Gasteiger partial charge in [0, 0.05) is 44.5 Å². The van der Waals surface area contributed by atoms with Crippen molar-refractivity contribution in [3.63, 3.8) is 0 Å². The number of para-hydroxylation sites is 1. The van der Waals surface area contributed by atoms with Crippen molar-refractivity contribution in [1.82, 2.24) is 21.3 Å². The minimum Gasteiger partial charge on any atom is -0.388 e. The lowest BCUT2D eigenvalue weighted by Gasteiger charge is -2.25. The van der Waals surface area contributed by atoms with Crippen molar-refractivity contribution < 1.29 is 0 Å². The third-order valence-electron chi connectivity index (χ3n) is 8.07. The van der Waals surface area contributed by atoms with Crippen LogP contribution in [0, 0.1) is 0 Å². The summed E-state index contributed by atoms with van der Waals surface area (Å²) < 4.78 is 0. The van der Waals surface area contributed by atoms with Gasteiger partial charge in [-0.1, -0.05) is 99.8 Å². The maximum absolute atomic E-state index is 3.48. The van der Waals surface area contributed by atoms with Crippen LogP contribution in [0.3, 0.4) is 0 Å². The Morgan fingerprint density at radius 1 is 0.636 bits per heavy atom. The van der Waals surface area contributed by atoms with Crippen LogP contribution in [-0.4, -0.2) is 38.8 Å². The second-order valence-electron chi connectivity index (χ2n) is 12.0. The van der Waals surface area contributed by atoms with Crippen molar-refractivity contribution in [2.45, 2.75) is 111 Å². The molecule has 3 aliphatic heterocycles. The molecule has 5 heteroatoms. The van der Waals surface area contributed by atoms with Crippen molar-refractivity contribution in [1.29, 1.82) is 0 Å². The van der Waals surface area contributed by atoms with Gasteiger partial charge in [-0.3, -0.25) is 0 Å². The molecule has 0 bridgehead atoms. The van der Waals surface area contributed by atoms with Crippen LogP contribution in [0.15, 0.2) is 78.9 Å². The van der Waals surface area contributed by atoms with Crippen LogP contribution in [0.5, 0.6) is 0 Å². The third-order valence-corrected chi connectivity index (χ3v) is 8.07. The molecular formula is C39H63N5. The van der Waals surface area contributed by atoms with Gasteiger partial charge in [0.2, 0.25) is 0 Å². The Hall–Kier alpha value is -2.70. The lowest BCUT2D eigenvalue weighted by Crippen LogP contribution is -2.38. The average Bonchev–Trinajstić information content (AvgIpc) is 3.56. The van der Waals surface area contributed by atoms with E-state index < -0.39 is 0 Å². The van der Waals surface area contributed by atoms with Gasteiger partial charge >= 0.3 is 0 Å². The fourth-order valence-electron chi connectivity index (χ4n) is 5.37. The lowest BCUT2D eigenvalue weighted by molar-refractivity contribution is 0.352. The molecule has 0 radical (unpaired) electrons. The van der Waals surface area contributed by atoms with Gasteiger partial charge < -0.3 is 26.6 Å². The molecule has 0 aromatic heterocycles. The Balaban J connectivity index is 0.000000192. The van der Waals surface area contributed by atoms with Gasteiger partial charge in [-0.15, -0.1) is 0 Å². The molecule has 0 aliphatic carbocycles. The highest BCUT2D eigenvalue weighted by Gasteiger charge is 2.12. The topological polar surface area (TPSA) is 60.1 Å². The molecule has 2 unspecified atom stereocenters. The average molecular weight is 602 g/mol. The minimum absolute atomic E-state index is 0.763. The van der Waals surface area contributed by atoms with E-state index in [1.54, 1.807) is 0 Å². The van der Waals surface area contributed by atoms with E-state index in [1.807, 2.05) is 37.4 Å². The quantitative estimate of drug-likeness (QED) is 0.177. The van der Waals surface area contributed by atoms with Crippen LogP contribution < -0.4 is 26.6 Å². The number of benzene rings is 3. The van der Waals surface area contributed by atoms with Gasteiger partial charge in [0.1, 0.15) is 0 Å². The second-order valence-corrected chi connectivity index (χ2v) is 12.0. The summed E-state index contributed by atoms with van der Waals surface area (Å²) in [5.41, 5.74) is 7.05. The molecule has 3 aromatic rings. The molecule has 0 amide bonds. The van der Waals surface area contributed by atoms with Crippen molar-refractivity contribution in [2.24, 2.45) is 0 Å². The highest BCUT2D eigenvalue weighted by atomic mass is 14.9. The van der Waals surface area contributed by atoms with Crippen LogP contribution >= 0.6 is 0 Å². The summed E-state index contributed by atoms with van der Waals surface area (Å²) in [6.45, 7) is 15.7. The maximum atomic E-state index is 3.48. The van der Waals surface area contributed by atoms with Crippen LogP contribution in [0.25, 0.3) is 0 Å². The smallest absolute Gasteiger partial charge is 0.0337 e. The monoisotopic (exact) mass is 602 g/mol. The molecule has 5 N–H and O–H groups in total. The Morgan fingerprint density at radius 2 is 1.11 bits per heavy atom. The standard InChI is InChI=1S/C9H11N.C8H9N.C8H19N.C7H15N.C7H9N/c1-2-4-9-7-10-6-5-8(9)3-1;1-2-4-8-6-9-5-7(8)3-1;1-3-5-7-9-8-6-4-2;1-6-4-3-5-7(2)8-6;1-8-7-5-3-2-4-6-7/h1-4,10H,5-7H2;1-4,9H,5-6H2;9H,3-8H2,1-2H3;6-8H,3-5H2,1-2H3;2-6,8H,1H3. The summed E-state index contributed by atoms with van der Waals surface area (Å²) in [6.07, 6.45) is 10.6. The van der Waals surface area contributed by atoms with Crippen molar-refractivity contribution in [2.75, 3.05) is 32.0 Å². The molecule has 244 valence electrons. The van der Waals surface area contributed by atoms with Gasteiger partial charge in [0.05, 0.1) is 0 Å². The van der Waals surface area contributed by atoms with Gasteiger partial charge in [0.25, 0.3) is 0 Å². The Kier molecular flexibility index (Phi) is 21.0. The van der Waals surface area contributed by atoms with Crippen LogP contribution in [-0.2, 0) is 26.1 Å². The Bertz CT molecular complexity index is 1020. The van der Waals surface area contributed by atoms with Gasteiger partial charge in [-0.25, -0.2) is 0 Å². The van der Waals surface area contributed by atoms with E-state index in [-0.39, 0.29) is 0 Å². The first-order chi connectivity index (χ1) is 21.6. The highest BCUT2D eigenvalue weighted by Crippen LogP contribution is 2.13. The largest absolute Gasteiger partial charge is 0.388 e. The van der Waals surface area contributed by atoms with E-state index in [4.69, 9.17) is 0 Å². The van der Waals surface area contributed by atoms with E-state index in [0.717, 1.165) is 44.0 Å². The SMILES string of the molecule is CC1CCCC(C)N1.CCCCNCCCC.CNc1ccccc1.c1ccc2c(c1)CCNC2.c1ccc2c(c1)CNC2. The molecule has 6 rings (SSSR count). The molecule has 44 heavy (non-hydrogen) atoms. The normalized spacial score (nSPS) is 17.8. The van der Waals surface area contributed by atoms with Crippen molar-refractivity contribution in [3.8, 4) is 0 Å². The summed E-state index contributed by atoms with van der Waals surface area (Å²) in [5, 5.41) is 16.5. The summed E-state index contributed by atoms with van der Waals surface area (Å²) in [5.74, 6) is 0. The number of rotatable bonds is 7. The van der Waals surface area contributed by atoms with Crippen LogP contribution in [0.1, 0.15) is 94.9 Å². The predicted molar refractivity (Wildman–Crippen MR) is 193 cm³/mol. The number of unbranched alkanes of at least 4 members (excludes halogenated alkanes) is 2. The first-order valence-corrected chi connectivity index (χ1v) is 17.3. The molecule has 5 nitrogen and oxygen atoms in total. The summed E-state index contributed by atoms with van der Waals surface area (Å²) >= 11 is 0. The van der Waals surface area contributed by atoms with Gasteiger partial charge in [0.15, 0.2) is 0 Å². The lowest BCUT2D eigenvalue weighted by atomic mass is 10.0. The van der Waals surface area contributed by atoms with Crippen molar-refractivity contribution in [3.05, 3.63) is 101 Å². The number of hydrogen-bond donors (Lipinski definition) is 5.